The Kier molecular flexibility index (Phi) is 6.47. The first kappa shape index (κ1) is 18.9. The predicted molar refractivity (Wildman–Crippen MR) is 90.4 cm³/mol. The van der Waals surface area contributed by atoms with Crippen LogP contribution in [-0.2, 0) is 25.5 Å². The van der Waals surface area contributed by atoms with Crippen molar-refractivity contribution in [3.63, 3.8) is 0 Å². The fraction of sp³-hybridized carbons (Fsp3) is 0.368. The SMILES string of the molecule is CCOC(=O)[C@@H](O)[C@@H](Cc1cccc2ccc(F)cc12)C(=O)OCC. The quantitative estimate of drug-likeness (QED) is 0.779. The second-order valence-electron chi connectivity index (χ2n) is 5.54. The molecule has 0 unspecified atom stereocenters. The molecule has 0 aliphatic heterocycles. The first-order valence-electron chi connectivity index (χ1n) is 8.16. The summed E-state index contributed by atoms with van der Waals surface area (Å²) in [5, 5.41) is 11.7. The lowest BCUT2D eigenvalue weighted by Crippen LogP contribution is -2.38. The number of fused-ring (bicyclic) bond motifs is 1. The molecule has 0 radical (unpaired) electrons. The van der Waals surface area contributed by atoms with Gasteiger partial charge in [0.1, 0.15) is 5.82 Å². The molecule has 0 saturated heterocycles. The van der Waals surface area contributed by atoms with Crippen molar-refractivity contribution in [3.05, 3.63) is 47.8 Å². The van der Waals surface area contributed by atoms with Crippen LogP contribution in [-0.4, -0.2) is 36.4 Å². The fourth-order valence-corrected chi connectivity index (χ4v) is 2.69. The highest BCUT2D eigenvalue weighted by Gasteiger charge is 2.34. The Bertz CT molecular complexity index is 759. The third-order valence-electron chi connectivity index (χ3n) is 3.87. The lowest BCUT2D eigenvalue weighted by Gasteiger charge is -2.21. The smallest absolute Gasteiger partial charge is 0.335 e. The number of halogens is 1. The molecule has 2 rings (SSSR count). The molecule has 5 nitrogen and oxygen atoms in total. The van der Waals surface area contributed by atoms with Crippen LogP contribution < -0.4 is 0 Å². The molecular weight excluding hydrogens is 327 g/mol. The maximum atomic E-state index is 13.6. The lowest BCUT2D eigenvalue weighted by atomic mass is 9.91. The standard InChI is InChI=1S/C19H21FO5/c1-3-24-18(22)16(17(21)19(23)25-4-2)10-13-7-5-6-12-8-9-14(20)11-15(12)13/h5-9,11,16-17,21H,3-4,10H2,1-2H3/t16-,17+/m1/s1. The molecule has 2 atom stereocenters. The van der Waals surface area contributed by atoms with Gasteiger partial charge in [-0.15, -0.1) is 0 Å². The van der Waals surface area contributed by atoms with Gasteiger partial charge in [-0.3, -0.25) is 4.79 Å². The summed E-state index contributed by atoms with van der Waals surface area (Å²) in [6, 6.07) is 9.67. The Labute approximate surface area is 145 Å². The van der Waals surface area contributed by atoms with Gasteiger partial charge in [-0.05, 0) is 48.7 Å². The molecule has 134 valence electrons. The highest BCUT2D eigenvalue weighted by molar-refractivity contribution is 5.88. The van der Waals surface area contributed by atoms with E-state index < -0.39 is 29.8 Å². The highest BCUT2D eigenvalue weighted by atomic mass is 19.1. The average molecular weight is 348 g/mol. The summed E-state index contributed by atoms with van der Waals surface area (Å²) in [6.45, 7) is 3.45. The summed E-state index contributed by atoms with van der Waals surface area (Å²) < 4.78 is 23.4. The molecule has 2 aromatic carbocycles. The van der Waals surface area contributed by atoms with E-state index in [0.29, 0.717) is 10.9 Å². The fourth-order valence-electron chi connectivity index (χ4n) is 2.69. The second-order valence-corrected chi connectivity index (χ2v) is 5.54. The summed E-state index contributed by atoms with van der Waals surface area (Å²) in [6.07, 6.45) is -1.62. The Morgan fingerprint density at radius 2 is 1.76 bits per heavy atom. The number of rotatable bonds is 7. The van der Waals surface area contributed by atoms with Crippen LogP contribution in [0.3, 0.4) is 0 Å². The van der Waals surface area contributed by atoms with Crippen LogP contribution in [0.2, 0.25) is 0 Å². The molecule has 0 amide bonds. The van der Waals surface area contributed by atoms with Gasteiger partial charge in [-0.1, -0.05) is 24.3 Å². The van der Waals surface area contributed by atoms with E-state index in [4.69, 9.17) is 9.47 Å². The van der Waals surface area contributed by atoms with Crippen LogP contribution in [0.4, 0.5) is 4.39 Å². The van der Waals surface area contributed by atoms with Crippen LogP contribution >= 0.6 is 0 Å². The number of esters is 2. The van der Waals surface area contributed by atoms with Crippen molar-refractivity contribution in [1.29, 1.82) is 0 Å². The van der Waals surface area contributed by atoms with Crippen molar-refractivity contribution in [2.24, 2.45) is 5.92 Å². The van der Waals surface area contributed by atoms with E-state index in [0.717, 1.165) is 5.39 Å². The topological polar surface area (TPSA) is 72.8 Å². The number of benzene rings is 2. The maximum absolute atomic E-state index is 13.6. The third kappa shape index (κ3) is 4.54. The van der Waals surface area contributed by atoms with E-state index in [1.807, 2.05) is 6.07 Å². The summed E-state index contributed by atoms with van der Waals surface area (Å²) in [7, 11) is 0. The minimum absolute atomic E-state index is 0.0274. The number of hydrogen-bond donors (Lipinski definition) is 1. The van der Waals surface area contributed by atoms with Crippen molar-refractivity contribution < 1.29 is 28.6 Å². The van der Waals surface area contributed by atoms with Crippen LogP contribution in [0, 0.1) is 11.7 Å². The van der Waals surface area contributed by atoms with Crippen molar-refractivity contribution in [2.45, 2.75) is 26.4 Å². The largest absolute Gasteiger partial charge is 0.466 e. The van der Waals surface area contributed by atoms with E-state index in [2.05, 4.69) is 0 Å². The van der Waals surface area contributed by atoms with Crippen molar-refractivity contribution >= 4 is 22.7 Å². The molecule has 0 aliphatic rings. The zero-order valence-electron chi connectivity index (χ0n) is 14.2. The number of hydrogen-bond acceptors (Lipinski definition) is 5. The predicted octanol–water partition coefficient (Wildman–Crippen LogP) is 2.62. The molecule has 25 heavy (non-hydrogen) atoms. The lowest BCUT2D eigenvalue weighted by molar-refractivity contribution is -0.166. The van der Waals surface area contributed by atoms with Crippen molar-refractivity contribution in [2.75, 3.05) is 13.2 Å². The van der Waals surface area contributed by atoms with E-state index >= 15 is 0 Å². The summed E-state index contributed by atoms with van der Waals surface area (Å²) in [5.74, 6) is -3.12. The van der Waals surface area contributed by atoms with Gasteiger partial charge in [0, 0.05) is 0 Å². The zero-order chi connectivity index (χ0) is 18.4. The number of carbonyl (C=O) groups is 2. The Balaban J connectivity index is 2.37. The van der Waals surface area contributed by atoms with E-state index in [1.54, 1.807) is 32.0 Å². The Morgan fingerprint density at radius 3 is 2.44 bits per heavy atom. The van der Waals surface area contributed by atoms with Gasteiger partial charge in [0.2, 0.25) is 0 Å². The van der Waals surface area contributed by atoms with Crippen LogP contribution in [0.15, 0.2) is 36.4 Å². The normalized spacial score (nSPS) is 13.3. The number of aliphatic hydroxyl groups is 1. The van der Waals surface area contributed by atoms with Crippen LogP contribution in [0.5, 0.6) is 0 Å². The monoisotopic (exact) mass is 348 g/mol. The zero-order valence-corrected chi connectivity index (χ0v) is 14.2. The van der Waals surface area contributed by atoms with Crippen LogP contribution in [0.25, 0.3) is 10.8 Å². The molecule has 0 bridgehead atoms. The number of ether oxygens (including phenoxy) is 2. The molecule has 2 aromatic rings. The molecule has 0 spiro atoms. The van der Waals surface area contributed by atoms with Gasteiger partial charge in [0.15, 0.2) is 6.10 Å². The minimum atomic E-state index is -1.65. The Morgan fingerprint density at radius 1 is 1.08 bits per heavy atom. The number of carbonyl (C=O) groups excluding carboxylic acids is 2. The second kappa shape index (κ2) is 8.58. The third-order valence-corrected chi connectivity index (χ3v) is 3.87. The Hall–Kier alpha value is -2.47. The molecule has 0 heterocycles. The molecule has 0 aromatic heterocycles. The summed E-state index contributed by atoms with van der Waals surface area (Å²) in [5.41, 5.74) is 0.637. The molecule has 0 aliphatic carbocycles. The van der Waals surface area contributed by atoms with E-state index in [1.165, 1.54) is 12.1 Å². The first-order valence-corrected chi connectivity index (χ1v) is 8.16. The highest BCUT2D eigenvalue weighted by Crippen LogP contribution is 2.24. The maximum Gasteiger partial charge on any atom is 0.335 e. The summed E-state index contributed by atoms with van der Waals surface area (Å²) >= 11 is 0. The molecular formula is C19H21FO5. The molecule has 1 N–H and O–H groups in total. The number of aliphatic hydroxyl groups excluding tert-OH is 1. The van der Waals surface area contributed by atoms with Gasteiger partial charge in [-0.2, -0.15) is 0 Å². The van der Waals surface area contributed by atoms with Gasteiger partial charge >= 0.3 is 11.9 Å². The van der Waals surface area contributed by atoms with Gasteiger partial charge in [0.05, 0.1) is 19.1 Å². The van der Waals surface area contributed by atoms with E-state index in [9.17, 15) is 19.1 Å². The van der Waals surface area contributed by atoms with E-state index in [-0.39, 0.29) is 19.6 Å². The molecule has 0 fully saturated rings. The molecule has 6 heteroatoms. The minimum Gasteiger partial charge on any atom is -0.466 e. The summed E-state index contributed by atoms with van der Waals surface area (Å²) in [4.78, 5) is 24.1. The first-order chi connectivity index (χ1) is 12.0. The van der Waals surface area contributed by atoms with Gasteiger partial charge in [0.25, 0.3) is 0 Å². The average Bonchev–Trinajstić information content (AvgIpc) is 2.59. The van der Waals surface area contributed by atoms with Crippen molar-refractivity contribution in [1.82, 2.24) is 0 Å². The van der Waals surface area contributed by atoms with Gasteiger partial charge < -0.3 is 14.6 Å². The van der Waals surface area contributed by atoms with Crippen LogP contribution in [0.1, 0.15) is 19.4 Å². The van der Waals surface area contributed by atoms with Crippen molar-refractivity contribution in [3.8, 4) is 0 Å². The molecule has 0 saturated carbocycles. The van der Waals surface area contributed by atoms with Gasteiger partial charge in [-0.25, -0.2) is 9.18 Å².